The maximum absolute atomic E-state index is 13.4. The Kier molecular flexibility index (Phi) is 15.2. The minimum absolute atomic E-state index is 0.0951. The van der Waals surface area contributed by atoms with Gasteiger partial charge in [0, 0.05) is 26.2 Å². The van der Waals surface area contributed by atoms with Crippen molar-refractivity contribution < 1.29 is 32.1 Å². The first-order valence-corrected chi connectivity index (χ1v) is 16.9. The molecule has 0 aliphatic rings. The summed E-state index contributed by atoms with van der Waals surface area (Å²) >= 11 is 0. The molecule has 2 aromatic carbocycles. The molecular formula is C33H54N2O7S. The van der Waals surface area contributed by atoms with E-state index in [-0.39, 0.29) is 23.1 Å². The molecule has 9 nitrogen and oxygen atoms in total. The van der Waals surface area contributed by atoms with Gasteiger partial charge in [0.25, 0.3) is 0 Å². The van der Waals surface area contributed by atoms with E-state index in [1.807, 2.05) is 44.2 Å². The predicted molar refractivity (Wildman–Crippen MR) is 172 cm³/mol. The van der Waals surface area contributed by atoms with Crippen LogP contribution in [0.15, 0.2) is 47.4 Å². The number of ether oxygens (including phenoxy) is 5. The van der Waals surface area contributed by atoms with Crippen LogP contribution in [0.25, 0.3) is 0 Å². The van der Waals surface area contributed by atoms with Crippen LogP contribution in [0.2, 0.25) is 0 Å². The fraction of sp³-hybridized carbons (Fsp3) is 0.636. The monoisotopic (exact) mass is 622 g/mol. The fourth-order valence-corrected chi connectivity index (χ4v) is 5.86. The summed E-state index contributed by atoms with van der Waals surface area (Å²) < 4.78 is 58.3. The summed E-state index contributed by atoms with van der Waals surface area (Å²) in [7, 11) is -0.606. The van der Waals surface area contributed by atoms with Crippen LogP contribution in [-0.2, 0) is 25.9 Å². The minimum atomic E-state index is -3.81. The first-order chi connectivity index (χ1) is 20.4. The zero-order chi connectivity index (χ0) is 31.9. The van der Waals surface area contributed by atoms with Crippen LogP contribution in [0.3, 0.4) is 0 Å². The molecule has 0 aromatic heterocycles. The van der Waals surface area contributed by atoms with Crippen LogP contribution in [-0.4, -0.2) is 72.8 Å². The van der Waals surface area contributed by atoms with Crippen LogP contribution in [0, 0.1) is 0 Å². The van der Waals surface area contributed by atoms with E-state index >= 15 is 0 Å². The summed E-state index contributed by atoms with van der Waals surface area (Å²) in [6.45, 7) is 14.7. The molecule has 0 bridgehead atoms. The van der Waals surface area contributed by atoms with Gasteiger partial charge in [-0.15, -0.1) is 0 Å². The van der Waals surface area contributed by atoms with Crippen molar-refractivity contribution in [2.75, 3.05) is 47.1 Å². The largest absolute Gasteiger partial charge is 0.495 e. The van der Waals surface area contributed by atoms with E-state index in [1.54, 1.807) is 19.2 Å². The number of nitrogens with one attached hydrogen (secondary N) is 2. The number of para-hydroxylation sites is 2. The Morgan fingerprint density at radius 2 is 1.51 bits per heavy atom. The minimum Gasteiger partial charge on any atom is -0.495 e. The topological polar surface area (TPSA) is 104 Å². The average Bonchev–Trinajstić information content (AvgIpc) is 3.00. The summed E-state index contributed by atoms with van der Waals surface area (Å²) in [6.07, 6.45) is 3.61. The molecule has 0 amide bonds. The highest BCUT2D eigenvalue weighted by Gasteiger charge is 2.28. The molecule has 0 fully saturated rings. The molecule has 244 valence electrons. The first-order valence-electron chi connectivity index (χ1n) is 15.4. The second-order valence-corrected chi connectivity index (χ2v) is 13.1. The van der Waals surface area contributed by atoms with Crippen molar-refractivity contribution in [1.29, 1.82) is 0 Å². The molecule has 2 rings (SSSR count). The number of methoxy groups -OCH3 is 2. The number of sulfonamides is 1. The van der Waals surface area contributed by atoms with Gasteiger partial charge in [0.2, 0.25) is 10.0 Å². The number of rotatable bonds is 22. The van der Waals surface area contributed by atoms with Gasteiger partial charge < -0.3 is 29.0 Å². The van der Waals surface area contributed by atoms with E-state index in [1.165, 1.54) is 7.11 Å². The van der Waals surface area contributed by atoms with Crippen molar-refractivity contribution >= 4 is 10.0 Å². The number of hydrogen-bond donors (Lipinski definition) is 2. The SMILES string of the molecule is CCOc1ccccc1OCCNC(C)Cc1ccc(OC)c(S(=O)(=O)NCCC(C)(CC)OCCC(C)(CC)OC)c1. The number of hydrogen-bond acceptors (Lipinski definition) is 8. The number of benzene rings is 2. The molecule has 3 unspecified atom stereocenters. The second-order valence-electron chi connectivity index (χ2n) is 11.3. The molecule has 0 aliphatic carbocycles. The molecule has 0 radical (unpaired) electrons. The summed E-state index contributed by atoms with van der Waals surface area (Å²) in [4.78, 5) is 0.133. The van der Waals surface area contributed by atoms with Gasteiger partial charge in [-0.25, -0.2) is 13.1 Å². The zero-order valence-corrected chi connectivity index (χ0v) is 28.3. The third-order valence-electron chi connectivity index (χ3n) is 8.08. The summed E-state index contributed by atoms with van der Waals surface area (Å²) in [5.74, 6) is 1.76. The van der Waals surface area contributed by atoms with E-state index < -0.39 is 15.6 Å². The van der Waals surface area contributed by atoms with Crippen LogP contribution in [0.5, 0.6) is 17.2 Å². The normalized spacial score (nSPS) is 15.3. The van der Waals surface area contributed by atoms with Gasteiger partial charge in [-0.05, 0) is 89.6 Å². The molecule has 0 saturated heterocycles. The van der Waals surface area contributed by atoms with E-state index in [2.05, 4.69) is 37.7 Å². The lowest BCUT2D eigenvalue weighted by atomic mass is 9.97. The highest BCUT2D eigenvalue weighted by atomic mass is 32.2. The van der Waals surface area contributed by atoms with Gasteiger partial charge in [-0.1, -0.05) is 32.0 Å². The van der Waals surface area contributed by atoms with Crippen LogP contribution in [0.1, 0.15) is 72.8 Å². The standard InChI is InChI=1S/C33H54N2O7S/c1-9-32(5,39-8)19-22-42-33(6,10-2)18-20-35-43(36,37)31-25-27(16-17-30(31)38-7)24-26(4)34-21-23-41-29-15-13-12-14-28(29)40-11-3/h12-17,25-26,34-35H,9-11,18-24H2,1-8H3. The van der Waals surface area contributed by atoms with Crippen molar-refractivity contribution in [3.05, 3.63) is 48.0 Å². The Morgan fingerprint density at radius 1 is 0.837 bits per heavy atom. The van der Waals surface area contributed by atoms with Gasteiger partial charge >= 0.3 is 0 Å². The quantitative estimate of drug-likeness (QED) is 0.160. The average molecular weight is 623 g/mol. The van der Waals surface area contributed by atoms with Gasteiger partial charge in [0.05, 0.1) is 31.5 Å². The molecule has 3 atom stereocenters. The van der Waals surface area contributed by atoms with Crippen molar-refractivity contribution in [1.82, 2.24) is 10.0 Å². The molecule has 0 spiro atoms. The molecule has 0 aliphatic heterocycles. The summed E-state index contributed by atoms with van der Waals surface area (Å²) in [5.41, 5.74) is 0.212. The maximum atomic E-state index is 13.4. The Hall–Kier alpha value is -2.37. The molecular weight excluding hydrogens is 568 g/mol. The van der Waals surface area contributed by atoms with Crippen molar-refractivity contribution in [3.63, 3.8) is 0 Å². The van der Waals surface area contributed by atoms with Crippen LogP contribution >= 0.6 is 0 Å². The van der Waals surface area contributed by atoms with Gasteiger partial charge in [0.15, 0.2) is 11.5 Å². The highest BCUT2D eigenvalue weighted by molar-refractivity contribution is 7.89. The lowest BCUT2D eigenvalue weighted by molar-refractivity contribution is -0.0770. The van der Waals surface area contributed by atoms with Gasteiger partial charge in [-0.2, -0.15) is 0 Å². The van der Waals surface area contributed by atoms with E-state index in [0.29, 0.717) is 50.7 Å². The van der Waals surface area contributed by atoms with Crippen LogP contribution in [0.4, 0.5) is 0 Å². The third-order valence-corrected chi connectivity index (χ3v) is 9.56. The van der Waals surface area contributed by atoms with E-state index in [4.69, 9.17) is 23.7 Å². The van der Waals surface area contributed by atoms with Crippen molar-refractivity contribution in [2.45, 2.75) is 95.8 Å². The molecule has 0 saturated carbocycles. The Labute approximate surface area is 260 Å². The third kappa shape index (κ3) is 11.9. The van der Waals surface area contributed by atoms with Gasteiger partial charge in [-0.3, -0.25) is 0 Å². The summed E-state index contributed by atoms with van der Waals surface area (Å²) in [6, 6.07) is 13.0. The zero-order valence-electron chi connectivity index (χ0n) is 27.5. The Morgan fingerprint density at radius 3 is 2.12 bits per heavy atom. The van der Waals surface area contributed by atoms with Crippen molar-refractivity contribution in [2.24, 2.45) is 0 Å². The predicted octanol–water partition coefficient (Wildman–Crippen LogP) is 5.75. The second kappa shape index (κ2) is 17.8. The fourth-order valence-electron chi connectivity index (χ4n) is 4.61. The van der Waals surface area contributed by atoms with Crippen LogP contribution < -0.4 is 24.2 Å². The lowest BCUT2D eigenvalue weighted by Gasteiger charge is -2.32. The lowest BCUT2D eigenvalue weighted by Crippen LogP contribution is -2.37. The molecule has 2 aromatic rings. The highest BCUT2D eigenvalue weighted by Crippen LogP contribution is 2.28. The Balaban J connectivity index is 1.94. The summed E-state index contributed by atoms with van der Waals surface area (Å²) in [5, 5.41) is 3.45. The van der Waals surface area contributed by atoms with Gasteiger partial charge in [0.1, 0.15) is 17.3 Å². The smallest absolute Gasteiger partial charge is 0.244 e. The molecule has 43 heavy (non-hydrogen) atoms. The van der Waals surface area contributed by atoms with Crippen molar-refractivity contribution in [3.8, 4) is 17.2 Å². The molecule has 2 N–H and O–H groups in total. The first kappa shape index (κ1) is 36.8. The Bertz CT molecular complexity index is 1200. The molecule has 10 heteroatoms. The van der Waals surface area contributed by atoms with E-state index in [0.717, 1.165) is 30.6 Å². The van der Waals surface area contributed by atoms with E-state index in [9.17, 15) is 8.42 Å². The molecule has 0 heterocycles. The maximum Gasteiger partial charge on any atom is 0.244 e.